The van der Waals surface area contributed by atoms with Gasteiger partial charge in [-0.15, -0.1) is 0 Å². The van der Waals surface area contributed by atoms with Crippen LogP contribution in [0, 0.1) is 0 Å². The van der Waals surface area contributed by atoms with Gasteiger partial charge in [-0.25, -0.2) is 0 Å². The van der Waals surface area contributed by atoms with E-state index in [1.807, 2.05) is 0 Å². The maximum atomic E-state index is 6.17. The van der Waals surface area contributed by atoms with Crippen LogP contribution < -0.4 is 0 Å². The fraction of sp³-hybridized carbons (Fsp3) is 0.957. The Morgan fingerprint density at radius 2 is 1.04 bits per heavy atom. The molecule has 0 saturated heterocycles. The molecule has 0 aliphatic heterocycles. The van der Waals surface area contributed by atoms with Crippen LogP contribution in [-0.4, -0.2) is 39.3 Å². The average molecular weight is 516 g/mol. The molecule has 4 heteroatoms. The van der Waals surface area contributed by atoms with Gasteiger partial charge in [0.2, 0.25) is 0 Å². The van der Waals surface area contributed by atoms with Crippen molar-refractivity contribution >= 4 is 42.5 Å². The Labute approximate surface area is 181 Å². The average Bonchev–Trinajstić information content (AvgIpc) is 2.75. The van der Waals surface area contributed by atoms with Crippen molar-refractivity contribution in [3.8, 4) is 0 Å². The number of nitrogens with zero attached hydrogens (tertiary/aromatic N) is 1. The first-order valence-corrected chi connectivity index (χ1v) is 21.9. The van der Waals surface area contributed by atoms with Crippen molar-refractivity contribution in [1.82, 2.24) is 4.90 Å². The van der Waals surface area contributed by atoms with E-state index in [1.54, 1.807) is 38.5 Å². The van der Waals surface area contributed by atoms with Crippen LogP contribution in [-0.2, 0) is 0 Å². The van der Waals surface area contributed by atoms with Gasteiger partial charge in [-0.2, -0.15) is 0 Å². The van der Waals surface area contributed by atoms with E-state index >= 15 is 0 Å². The molecule has 0 radical (unpaired) electrons. The Morgan fingerprint density at radius 3 is 1.33 bits per heavy atom. The van der Waals surface area contributed by atoms with Crippen LogP contribution in [0.4, 0.5) is 0 Å². The van der Waals surface area contributed by atoms with Gasteiger partial charge >= 0.3 is 182 Å². The molecule has 3 aliphatic carbocycles. The third-order valence-electron chi connectivity index (χ3n) is 8.02. The molecular formula is C23H43NS2Sn. The number of hydrogen-bond acceptors (Lipinski definition) is 2. The molecule has 0 atom stereocenters. The van der Waals surface area contributed by atoms with Gasteiger partial charge in [-0.1, -0.05) is 0 Å². The summed E-state index contributed by atoms with van der Waals surface area (Å²) in [5.74, 6) is 0. The Morgan fingerprint density at radius 1 is 0.704 bits per heavy atom. The Balaban J connectivity index is 1.94. The van der Waals surface area contributed by atoms with Gasteiger partial charge in [0.15, 0.2) is 0 Å². The quantitative estimate of drug-likeness (QED) is 0.258. The summed E-state index contributed by atoms with van der Waals surface area (Å²) in [4.78, 5) is 2.51. The monoisotopic (exact) mass is 517 g/mol. The summed E-state index contributed by atoms with van der Waals surface area (Å²) in [6, 6.07) is 0. The van der Waals surface area contributed by atoms with Crippen molar-refractivity contribution in [2.45, 2.75) is 122 Å². The molecule has 156 valence electrons. The second-order valence-corrected chi connectivity index (χ2v) is 29.0. The topological polar surface area (TPSA) is 3.24 Å². The third kappa shape index (κ3) is 5.40. The van der Waals surface area contributed by atoms with E-state index in [0.29, 0.717) is 0 Å². The SMILES string of the molecule is CCN(CC)C(=S)[S][Sn]([CH]1CCCCC1)([CH]1CCCCC1)[CH]1CCCCC1. The van der Waals surface area contributed by atoms with Crippen molar-refractivity contribution in [2.24, 2.45) is 0 Å². The van der Waals surface area contributed by atoms with E-state index in [4.69, 9.17) is 12.2 Å². The van der Waals surface area contributed by atoms with E-state index < -0.39 is 17.0 Å². The summed E-state index contributed by atoms with van der Waals surface area (Å²) in [7, 11) is 2.44. The maximum absolute atomic E-state index is 6.17. The molecule has 0 aromatic rings. The van der Waals surface area contributed by atoms with Gasteiger partial charge in [-0.3, -0.25) is 0 Å². The first kappa shape index (κ1) is 22.7. The van der Waals surface area contributed by atoms with Crippen molar-refractivity contribution in [2.75, 3.05) is 13.1 Å². The standard InChI is InChI=1S/3C6H11.C5H11NS2.Sn/c3*1-2-4-6-5-3-1;1-3-6(4-2)5(7)8;/h3*1H,2-6H2;3-4H2,1-2H3,(H,7,8);/q;;;;+1/p-1. The molecule has 3 aliphatic rings. The molecule has 0 unspecified atom stereocenters. The molecular weight excluding hydrogens is 473 g/mol. The zero-order valence-corrected chi connectivity index (χ0v) is 22.5. The molecule has 3 saturated carbocycles. The Bertz CT molecular complexity index is 402. The molecule has 0 bridgehead atoms. The number of hydrogen-bond donors (Lipinski definition) is 0. The summed E-state index contributed by atoms with van der Waals surface area (Å²) >= 11 is 3.65. The van der Waals surface area contributed by atoms with Crippen LogP contribution in [0.25, 0.3) is 0 Å². The fourth-order valence-electron chi connectivity index (χ4n) is 6.61. The van der Waals surface area contributed by atoms with Crippen LogP contribution in [0.2, 0.25) is 11.8 Å². The predicted octanol–water partition coefficient (Wildman–Crippen LogP) is 8.29. The molecule has 1 nitrogen and oxygen atoms in total. The molecule has 0 aromatic carbocycles. The van der Waals surface area contributed by atoms with Crippen LogP contribution in [0.1, 0.15) is 110 Å². The summed E-state index contributed by atoms with van der Waals surface area (Å²) in [6.07, 6.45) is 23.0. The van der Waals surface area contributed by atoms with Crippen LogP contribution in [0.15, 0.2) is 0 Å². The molecule has 0 aromatic heterocycles. The summed E-state index contributed by atoms with van der Waals surface area (Å²) in [5, 5.41) is 0. The molecule has 27 heavy (non-hydrogen) atoms. The van der Waals surface area contributed by atoms with Crippen molar-refractivity contribution in [3.63, 3.8) is 0 Å². The van der Waals surface area contributed by atoms with E-state index in [1.165, 1.54) is 62.1 Å². The predicted molar refractivity (Wildman–Crippen MR) is 129 cm³/mol. The van der Waals surface area contributed by atoms with Gasteiger partial charge in [0.05, 0.1) is 0 Å². The van der Waals surface area contributed by atoms with Crippen LogP contribution in [0.3, 0.4) is 0 Å². The van der Waals surface area contributed by atoms with Crippen molar-refractivity contribution in [3.05, 3.63) is 0 Å². The van der Waals surface area contributed by atoms with Gasteiger partial charge in [0.1, 0.15) is 0 Å². The molecule has 3 rings (SSSR count). The van der Waals surface area contributed by atoms with Crippen LogP contribution in [0.5, 0.6) is 0 Å². The summed E-state index contributed by atoms with van der Waals surface area (Å²) in [5.41, 5.74) is 0. The van der Waals surface area contributed by atoms with Gasteiger partial charge < -0.3 is 0 Å². The fourth-order valence-corrected chi connectivity index (χ4v) is 40.6. The number of thiocarbonyl (C=S) groups is 1. The summed E-state index contributed by atoms with van der Waals surface area (Å²) < 4.78 is 4.69. The van der Waals surface area contributed by atoms with E-state index in [0.717, 1.165) is 24.9 Å². The second-order valence-electron chi connectivity index (χ2n) is 9.40. The van der Waals surface area contributed by atoms with Crippen LogP contribution >= 0.6 is 21.2 Å². The molecule has 0 heterocycles. The zero-order valence-electron chi connectivity index (χ0n) is 18.0. The minimum atomic E-state index is -2.52. The summed E-state index contributed by atoms with van der Waals surface area (Å²) in [6.45, 7) is 6.80. The number of rotatable bonds is 6. The third-order valence-corrected chi connectivity index (χ3v) is 37.8. The first-order valence-electron chi connectivity index (χ1n) is 12.2. The van der Waals surface area contributed by atoms with Gasteiger partial charge in [-0.05, 0) is 0 Å². The normalized spacial score (nSPS) is 24.1. The second kappa shape index (κ2) is 11.4. The van der Waals surface area contributed by atoms with E-state index in [-0.39, 0.29) is 0 Å². The molecule has 0 spiro atoms. The minimum absolute atomic E-state index is 1.10. The first-order chi connectivity index (χ1) is 13.2. The van der Waals surface area contributed by atoms with Crippen molar-refractivity contribution < 1.29 is 0 Å². The Hall–Kier alpha value is 1.04. The van der Waals surface area contributed by atoms with Crippen molar-refractivity contribution in [1.29, 1.82) is 0 Å². The molecule has 0 N–H and O–H groups in total. The van der Waals surface area contributed by atoms with E-state index in [2.05, 4.69) is 27.7 Å². The molecule has 0 amide bonds. The molecule has 3 fully saturated rings. The zero-order chi connectivity index (χ0) is 19.1. The van der Waals surface area contributed by atoms with Gasteiger partial charge in [0.25, 0.3) is 0 Å². The van der Waals surface area contributed by atoms with E-state index in [9.17, 15) is 0 Å². The van der Waals surface area contributed by atoms with Gasteiger partial charge in [0, 0.05) is 0 Å². The Kier molecular flexibility index (Phi) is 9.62.